The molecule has 0 spiro atoms. The van der Waals surface area contributed by atoms with Crippen LogP contribution in [0.1, 0.15) is 12.6 Å². The number of anilines is 1. The molecule has 3 N–H and O–H groups in total. The van der Waals surface area contributed by atoms with Crippen LogP contribution in [-0.4, -0.2) is 32.2 Å². The molecule has 0 fully saturated rings. The fourth-order valence-corrected chi connectivity index (χ4v) is 3.94. The Bertz CT molecular complexity index is 748. The minimum atomic E-state index is 0.0194. The van der Waals surface area contributed by atoms with Crippen molar-refractivity contribution in [1.82, 2.24) is 14.8 Å². The number of para-hydroxylation sites is 1. The van der Waals surface area contributed by atoms with Crippen LogP contribution in [0.3, 0.4) is 0 Å². The fraction of sp³-hybridized carbons (Fsp3) is 0.333. The molecule has 0 unspecified atom stereocenters. The van der Waals surface area contributed by atoms with Crippen molar-refractivity contribution in [2.75, 3.05) is 18.1 Å². The largest absolute Gasteiger partial charge is 0.394 e. The summed E-state index contributed by atoms with van der Waals surface area (Å²) in [7, 11) is 0. The molecule has 0 aliphatic carbocycles. The van der Waals surface area contributed by atoms with Gasteiger partial charge in [-0.05, 0) is 17.9 Å². The zero-order chi connectivity index (χ0) is 15.5. The summed E-state index contributed by atoms with van der Waals surface area (Å²) in [4.78, 5) is 4.70. The van der Waals surface area contributed by atoms with Crippen LogP contribution in [0.25, 0.3) is 20.8 Å². The molecule has 7 heteroatoms. The van der Waals surface area contributed by atoms with Crippen LogP contribution in [0.4, 0.5) is 5.82 Å². The molecule has 2 heterocycles. The predicted molar refractivity (Wildman–Crippen MR) is 94.2 cm³/mol. The lowest BCUT2D eigenvalue weighted by Crippen LogP contribution is -2.07. The first-order valence-electron chi connectivity index (χ1n) is 7.14. The number of nitrogen functional groups attached to an aromatic ring is 1. The lowest BCUT2D eigenvalue weighted by molar-refractivity contribution is 0.270. The number of aliphatic hydroxyl groups excluding tert-OH is 1. The number of nitrogens with two attached hydrogens (primary N) is 1. The van der Waals surface area contributed by atoms with Gasteiger partial charge in [-0.2, -0.15) is 16.9 Å². The van der Waals surface area contributed by atoms with E-state index in [-0.39, 0.29) is 6.61 Å². The summed E-state index contributed by atoms with van der Waals surface area (Å²) in [5.74, 6) is 2.40. The summed E-state index contributed by atoms with van der Waals surface area (Å²) in [6.45, 7) is 2.54. The van der Waals surface area contributed by atoms with E-state index >= 15 is 0 Å². The highest BCUT2D eigenvalue weighted by Gasteiger charge is 2.20. The number of thioether (sulfide) groups is 1. The van der Waals surface area contributed by atoms with Gasteiger partial charge in [0, 0.05) is 5.75 Å². The first-order valence-corrected chi connectivity index (χ1v) is 9.11. The van der Waals surface area contributed by atoms with E-state index in [1.807, 2.05) is 18.2 Å². The molecule has 2 aromatic heterocycles. The van der Waals surface area contributed by atoms with Crippen LogP contribution < -0.4 is 5.73 Å². The third kappa shape index (κ3) is 2.84. The lowest BCUT2D eigenvalue weighted by atomic mass is 10.2. The highest BCUT2D eigenvalue weighted by atomic mass is 32.2. The van der Waals surface area contributed by atoms with Gasteiger partial charge in [-0.25, -0.2) is 9.67 Å². The van der Waals surface area contributed by atoms with E-state index in [9.17, 15) is 5.11 Å². The Balaban J connectivity index is 2.10. The van der Waals surface area contributed by atoms with Crippen molar-refractivity contribution in [3.05, 3.63) is 30.0 Å². The molecule has 0 radical (unpaired) electrons. The molecule has 22 heavy (non-hydrogen) atoms. The topological polar surface area (TPSA) is 77.0 Å². The molecule has 3 aromatic rings. The van der Waals surface area contributed by atoms with Gasteiger partial charge in [0.15, 0.2) is 0 Å². The summed E-state index contributed by atoms with van der Waals surface area (Å²) >= 11 is 3.43. The molecular formula is C15H18N4OS2. The minimum Gasteiger partial charge on any atom is -0.394 e. The Hall–Kier alpha value is -1.57. The monoisotopic (exact) mass is 334 g/mol. The summed E-state index contributed by atoms with van der Waals surface area (Å²) in [5.41, 5.74) is 9.09. The van der Waals surface area contributed by atoms with Crippen LogP contribution in [0.15, 0.2) is 24.3 Å². The van der Waals surface area contributed by atoms with Gasteiger partial charge in [0.1, 0.15) is 10.8 Å². The maximum Gasteiger partial charge on any atom is 0.132 e. The molecule has 3 rings (SSSR count). The maximum absolute atomic E-state index is 9.17. The Morgan fingerprint density at radius 1 is 1.36 bits per heavy atom. The van der Waals surface area contributed by atoms with Crippen molar-refractivity contribution in [1.29, 1.82) is 0 Å². The number of benzene rings is 1. The highest BCUT2D eigenvalue weighted by molar-refractivity contribution is 7.98. The number of nitrogens with zero attached hydrogens (tertiary/aromatic N) is 3. The van der Waals surface area contributed by atoms with E-state index in [1.165, 1.54) is 0 Å². The molecule has 0 aliphatic heterocycles. The van der Waals surface area contributed by atoms with Gasteiger partial charge < -0.3 is 10.8 Å². The molecular weight excluding hydrogens is 316 g/mol. The smallest absolute Gasteiger partial charge is 0.132 e. The Morgan fingerprint density at radius 3 is 2.91 bits per heavy atom. The second-order valence-corrected chi connectivity index (χ2v) is 7.08. The van der Waals surface area contributed by atoms with Crippen LogP contribution in [-0.2, 0) is 12.3 Å². The molecule has 0 atom stereocenters. The van der Waals surface area contributed by atoms with Gasteiger partial charge in [-0.15, -0.1) is 11.3 Å². The molecule has 0 saturated carbocycles. The van der Waals surface area contributed by atoms with Gasteiger partial charge in [0.25, 0.3) is 0 Å². The van der Waals surface area contributed by atoms with Crippen LogP contribution in [0.5, 0.6) is 0 Å². The molecule has 0 bridgehead atoms. The Kier molecular flexibility index (Phi) is 4.66. The summed E-state index contributed by atoms with van der Waals surface area (Å²) in [6.07, 6.45) is 0. The Morgan fingerprint density at radius 2 is 2.18 bits per heavy atom. The molecule has 0 aliphatic rings. The first-order chi connectivity index (χ1) is 10.7. The fourth-order valence-electron chi connectivity index (χ4n) is 2.30. The third-order valence-electron chi connectivity index (χ3n) is 3.33. The van der Waals surface area contributed by atoms with Crippen LogP contribution >= 0.6 is 23.1 Å². The molecule has 1 aromatic carbocycles. The number of fused-ring (bicyclic) bond motifs is 1. The zero-order valence-electron chi connectivity index (χ0n) is 12.3. The average molecular weight is 334 g/mol. The van der Waals surface area contributed by atoms with E-state index < -0.39 is 0 Å². The first kappa shape index (κ1) is 15.3. The van der Waals surface area contributed by atoms with E-state index in [4.69, 9.17) is 10.7 Å². The van der Waals surface area contributed by atoms with Crippen molar-refractivity contribution in [2.24, 2.45) is 0 Å². The normalized spacial score (nSPS) is 11.4. The summed E-state index contributed by atoms with van der Waals surface area (Å²) in [5, 5.41) is 14.6. The van der Waals surface area contributed by atoms with E-state index in [1.54, 1.807) is 27.8 Å². The second-order valence-electron chi connectivity index (χ2n) is 4.78. The molecule has 0 saturated heterocycles. The van der Waals surface area contributed by atoms with Crippen molar-refractivity contribution in [2.45, 2.75) is 19.2 Å². The predicted octanol–water partition coefficient (Wildman–Crippen LogP) is 2.99. The van der Waals surface area contributed by atoms with Crippen LogP contribution in [0.2, 0.25) is 0 Å². The number of aliphatic hydroxyl groups is 1. The van der Waals surface area contributed by atoms with Gasteiger partial charge in [0.05, 0.1) is 34.6 Å². The van der Waals surface area contributed by atoms with Gasteiger partial charge >= 0.3 is 0 Å². The highest BCUT2D eigenvalue weighted by Crippen LogP contribution is 2.37. The second kappa shape index (κ2) is 6.68. The number of thiazole rings is 1. The molecule has 5 nitrogen and oxygen atoms in total. The standard InChI is InChI=1S/C15H18N4OS2/c1-2-21-9-11-13(14(16)19(18-11)7-8-20)15-17-10-5-3-4-6-12(10)22-15/h3-6,20H,2,7-9,16H2,1H3. The Labute approximate surface area is 137 Å². The maximum atomic E-state index is 9.17. The minimum absolute atomic E-state index is 0.0194. The third-order valence-corrected chi connectivity index (χ3v) is 5.27. The molecule has 0 amide bonds. The van der Waals surface area contributed by atoms with E-state index in [0.29, 0.717) is 12.4 Å². The summed E-state index contributed by atoms with van der Waals surface area (Å²) < 4.78 is 2.81. The van der Waals surface area contributed by atoms with E-state index in [2.05, 4.69) is 18.1 Å². The van der Waals surface area contributed by atoms with Crippen LogP contribution in [0, 0.1) is 0 Å². The van der Waals surface area contributed by atoms with Crippen molar-refractivity contribution < 1.29 is 5.11 Å². The lowest BCUT2D eigenvalue weighted by Gasteiger charge is -2.01. The number of rotatable bonds is 6. The number of aromatic nitrogens is 3. The van der Waals surface area contributed by atoms with E-state index in [0.717, 1.165) is 38.0 Å². The van der Waals surface area contributed by atoms with Gasteiger partial charge in [-0.1, -0.05) is 19.1 Å². The summed E-state index contributed by atoms with van der Waals surface area (Å²) in [6, 6.07) is 8.06. The van der Waals surface area contributed by atoms with Crippen molar-refractivity contribution in [3.8, 4) is 10.6 Å². The SMILES string of the molecule is CCSCc1nn(CCO)c(N)c1-c1nc2ccccc2s1. The van der Waals surface area contributed by atoms with Gasteiger partial charge in [-0.3, -0.25) is 0 Å². The average Bonchev–Trinajstić information content (AvgIpc) is 3.07. The van der Waals surface area contributed by atoms with Crippen molar-refractivity contribution >= 4 is 39.1 Å². The molecule has 116 valence electrons. The quantitative estimate of drug-likeness (QED) is 0.725. The van der Waals surface area contributed by atoms with Crippen molar-refractivity contribution in [3.63, 3.8) is 0 Å². The number of hydrogen-bond donors (Lipinski definition) is 2. The number of hydrogen-bond acceptors (Lipinski definition) is 6. The zero-order valence-corrected chi connectivity index (χ0v) is 14.0. The van der Waals surface area contributed by atoms with Gasteiger partial charge in [0.2, 0.25) is 0 Å².